The second-order valence-electron chi connectivity index (χ2n) is 5.82. The molecule has 0 saturated carbocycles. The van der Waals surface area contributed by atoms with Crippen LogP contribution in [0.2, 0.25) is 0 Å². The standard InChI is InChI=1S/C19H22N2O3/c1-23-16-7-3-14(4-8-16)11-12-21-13-18(20-19(21)22)15-5-9-17(24-2)10-6-15/h3-10,18H,11-13H2,1-2H3,(H,20,22). The maximum absolute atomic E-state index is 12.2. The van der Waals surface area contributed by atoms with Crippen molar-refractivity contribution >= 4 is 6.03 Å². The summed E-state index contributed by atoms with van der Waals surface area (Å²) in [5.41, 5.74) is 2.28. The minimum atomic E-state index is -0.00988. The summed E-state index contributed by atoms with van der Waals surface area (Å²) in [6.07, 6.45) is 0.826. The lowest BCUT2D eigenvalue weighted by molar-refractivity contribution is 0.218. The number of nitrogens with zero attached hydrogens (tertiary/aromatic N) is 1. The van der Waals surface area contributed by atoms with E-state index in [4.69, 9.17) is 9.47 Å². The third-order valence-corrected chi connectivity index (χ3v) is 4.34. The molecule has 3 rings (SSSR count). The first-order chi connectivity index (χ1) is 11.7. The highest BCUT2D eigenvalue weighted by Crippen LogP contribution is 2.23. The molecule has 2 aromatic carbocycles. The van der Waals surface area contributed by atoms with Crippen molar-refractivity contribution in [2.75, 3.05) is 27.3 Å². The van der Waals surface area contributed by atoms with Gasteiger partial charge in [-0.25, -0.2) is 4.79 Å². The second kappa shape index (κ2) is 7.25. The Balaban J connectivity index is 1.57. The van der Waals surface area contributed by atoms with Crippen molar-refractivity contribution in [2.45, 2.75) is 12.5 Å². The molecule has 1 fully saturated rings. The Kier molecular flexibility index (Phi) is 4.89. The molecule has 1 aliphatic rings. The lowest BCUT2D eigenvalue weighted by Crippen LogP contribution is -2.30. The van der Waals surface area contributed by atoms with E-state index in [0.717, 1.165) is 23.5 Å². The summed E-state index contributed by atoms with van der Waals surface area (Å²) in [4.78, 5) is 14.0. The van der Waals surface area contributed by atoms with E-state index in [9.17, 15) is 4.79 Å². The Morgan fingerprint density at radius 2 is 1.58 bits per heavy atom. The smallest absolute Gasteiger partial charge is 0.318 e. The summed E-state index contributed by atoms with van der Waals surface area (Å²) in [6, 6.07) is 15.8. The van der Waals surface area contributed by atoms with Crippen LogP contribution in [0.1, 0.15) is 17.2 Å². The van der Waals surface area contributed by atoms with Gasteiger partial charge in [-0.3, -0.25) is 0 Å². The lowest BCUT2D eigenvalue weighted by atomic mass is 10.1. The van der Waals surface area contributed by atoms with Crippen LogP contribution in [0.4, 0.5) is 4.79 Å². The van der Waals surface area contributed by atoms with E-state index in [-0.39, 0.29) is 12.1 Å². The Bertz CT molecular complexity index is 683. The van der Waals surface area contributed by atoms with Gasteiger partial charge in [0.05, 0.1) is 20.3 Å². The highest BCUT2D eigenvalue weighted by atomic mass is 16.5. The van der Waals surface area contributed by atoms with E-state index in [2.05, 4.69) is 5.32 Å². The number of rotatable bonds is 6. The summed E-state index contributed by atoms with van der Waals surface area (Å²) in [6.45, 7) is 1.38. The summed E-state index contributed by atoms with van der Waals surface area (Å²) in [5, 5.41) is 3.04. The molecule has 2 amide bonds. The molecule has 0 aliphatic carbocycles. The van der Waals surface area contributed by atoms with E-state index >= 15 is 0 Å². The van der Waals surface area contributed by atoms with Gasteiger partial charge in [0.25, 0.3) is 0 Å². The Morgan fingerprint density at radius 3 is 2.17 bits per heavy atom. The van der Waals surface area contributed by atoms with Gasteiger partial charge >= 0.3 is 6.03 Å². The van der Waals surface area contributed by atoms with Crippen molar-refractivity contribution in [1.29, 1.82) is 0 Å². The van der Waals surface area contributed by atoms with Gasteiger partial charge in [0, 0.05) is 13.1 Å². The average molecular weight is 326 g/mol. The molecule has 24 heavy (non-hydrogen) atoms. The molecule has 0 aromatic heterocycles. The molecule has 1 N–H and O–H groups in total. The van der Waals surface area contributed by atoms with Gasteiger partial charge in [-0.1, -0.05) is 24.3 Å². The zero-order valence-corrected chi connectivity index (χ0v) is 14.0. The molecular weight excluding hydrogens is 304 g/mol. The first-order valence-electron chi connectivity index (χ1n) is 8.02. The van der Waals surface area contributed by atoms with E-state index < -0.39 is 0 Å². The Hall–Kier alpha value is -2.69. The number of hydrogen-bond acceptors (Lipinski definition) is 3. The summed E-state index contributed by atoms with van der Waals surface area (Å²) in [5.74, 6) is 1.66. The molecule has 1 unspecified atom stereocenters. The minimum Gasteiger partial charge on any atom is -0.497 e. The zero-order chi connectivity index (χ0) is 16.9. The minimum absolute atomic E-state index is 0.00988. The van der Waals surface area contributed by atoms with E-state index in [0.29, 0.717) is 13.1 Å². The van der Waals surface area contributed by atoms with Crippen LogP contribution in [-0.4, -0.2) is 38.2 Å². The normalized spacial score (nSPS) is 16.8. The van der Waals surface area contributed by atoms with Crippen molar-refractivity contribution in [3.05, 3.63) is 59.7 Å². The number of carbonyl (C=O) groups is 1. The molecule has 126 valence electrons. The first kappa shape index (κ1) is 16.2. The molecular formula is C19H22N2O3. The molecule has 1 saturated heterocycles. The van der Waals surface area contributed by atoms with Gasteiger partial charge in [-0.15, -0.1) is 0 Å². The summed E-state index contributed by atoms with van der Waals surface area (Å²) < 4.78 is 10.3. The molecule has 0 spiro atoms. The first-order valence-corrected chi connectivity index (χ1v) is 8.02. The highest BCUT2D eigenvalue weighted by Gasteiger charge is 2.29. The summed E-state index contributed by atoms with van der Waals surface area (Å²) >= 11 is 0. The van der Waals surface area contributed by atoms with Gasteiger partial charge in [0.1, 0.15) is 11.5 Å². The molecule has 2 aromatic rings. The third kappa shape index (κ3) is 3.62. The monoisotopic (exact) mass is 326 g/mol. The second-order valence-corrected chi connectivity index (χ2v) is 5.82. The van der Waals surface area contributed by atoms with Crippen molar-refractivity contribution in [1.82, 2.24) is 10.2 Å². The van der Waals surface area contributed by atoms with Gasteiger partial charge in [-0.2, -0.15) is 0 Å². The topological polar surface area (TPSA) is 50.8 Å². The van der Waals surface area contributed by atoms with Crippen LogP contribution >= 0.6 is 0 Å². The SMILES string of the molecule is COc1ccc(CCN2CC(c3ccc(OC)cc3)NC2=O)cc1. The molecule has 0 bridgehead atoms. The van der Waals surface area contributed by atoms with Crippen LogP contribution in [0, 0.1) is 0 Å². The van der Waals surface area contributed by atoms with Gasteiger partial charge in [0.2, 0.25) is 0 Å². The zero-order valence-electron chi connectivity index (χ0n) is 14.0. The Labute approximate surface area is 142 Å². The quantitative estimate of drug-likeness (QED) is 0.888. The van der Waals surface area contributed by atoms with Crippen LogP contribution in [0.25, 0.3) is 0 Å². The van der Waals surface area contributed by atoms with Crippen LogP contribution in [0.15, 0.2) is 48.5 Å². The molecule has 1 aliphatic heterocycles. The number of amides is 2. The van der Waals surface area contributed by atoms with Crippen molar-refractivity contribution < 1.29 is 14.3 Å². The fourth-order valence-corrected chi connectivity index (χ4v) is 2.86. The van der Waals surface area contributed by atoms with Gasteiger partial charge < -0.3 is 19.7 Å². The molecule has 1 atom stereocenters. The number of urea groups is 1. The predicted molar refractivity (Wildman–Crippen MR) is 92.5 cm³/mol. The van der Waals surface area contributed by atoms with Gasteiger partial charge in [0.15, 0.2) is 0 Å². The van der Waals surface area contributed by atoms with Crippen molar-refractivity contribution in [3.63, 3.8) is 0 Å². The predicted octanol–water partition coefficient (Wildman–Crippen LogP) is 3.01. The van der Waals surface area contributed by atoms with E-state index in [1.807, 2.05) is 53.4 Å². The van der Waals surface area contributed by atoms with Crippen LogP contribution in [-0.2, 0) is 6.42 Å². The maximum Gasteiger partial charge on any atom is 0.318 e. The molecule has 5 heteroatoms. The largest absolute Gasteiger partial charge is 0.497 e. The van der Waals surface area contributed by atoms with E-state index in [1.54, 1.807) is 14.2 Å². The van der Waals surface area contributed by atoms with Gasteiger partial charge in [-0.05, 0) is 41.8 Å². The Morgan fingerprint density at radius 1 is 1.00 bits per heavy atom. The number of benzene rings is 2. The fraction of sp³-hybridized carbons (Fsp3) is 0.316. The lowest BCUT2D eigenvalue weighted by Gasteiger charge is -2.15. The average Bonchev–Trinajstić information content (AvgIpc) is 3.01. The molecule has 5 nitrogen and oxygen atoms in total. The summed E-state index contributed by atoms with van der Waals surface area (Å²) in [7, 11) is 3.30. The number of carbonyl (C=O) groups excluding carboxylic acids is 1. The fourth-order valence-electron chi connectivity index (χ4n) is 2.86. The molecule has 1 heterocycles. The highest BCUT2D eigenvalue weighted by molar-refractivity contribution is 5.77. The van der Waals surface area contributed by atoms with Crippen molar-refractivity contribution in [3.8, 4) is 11.5 Å². The third-order valence-electron chi connectivity index (χ3n) is 4.34. The number of methoxy groups -OCH3 is 2. The van der Waals surface area contributed by atoms with Crippen LogP contribution < -0.4 is 14.8 Å². The van der Waals surface area contributed by atoms with Crippen molar-refractivity contribution in [2.24, 2.45) is 0 Å². The van der Waals surface area contributed by atoms with Crippen LogP contribution in [0.3, 0.4) is 0 Å². The number of hydrogen-bond donors (Lipinski definition) is 1. The number of nitrogens with one attached hydrogen (secondary N) is 1. The van der Waals surface area contributed by atoms with E-state index in [1.165, 1.54) is 5.56 Å². The van der Waals surface area contributed by atoms with Crippen LogP contribution in [0.5, 0.6) is 11.5 Å². The maximum atomic E-state index is 12.2. The molecule has 0 radical (unpaired) electrons. The number of ether oxygens (including phenoxy) is 2.